The lowest BCUT2D eigenvalue weighted by atomic mass is 9.72. The van der Waals surface area contributed by atoms with E-state index in [2.05, 4.69) is 5.32 Å². The van der Waals surface area contributed by atoms with Crippen LogP contribution in [0.2, 0.25) is 19.6 Å². The molecule has 10 heteroatoms. The molecular weight excluding hydrogens is 498 g/mol. The Bertz CT molecular complexity index is 1220. The first-order valence-electron chi connectivity index (χ1n) is 12.4. The molecule has 2 aromatic rings. The van der Waals surface area contributed by atoms with Gasteiger partial charge in [0.05, 0.1) is 15.2 Å². The Balaban J connectivity index is 1.62. The fraction of sp³-hybridized carbons (Fsp3) is 0.444. The van der Waals surface area contributed by atoms with E-state index in [1.54, 1.807) is 19.2 Å². The van der Waals surface area contributed by atoms with Crippen LogP contribution in [0.4, 0.5) is 14.5 Å². The van der Waals surface area contributed by atoms with Crippen molar-refractivity contribution in [1.29, 1.82) is 0 Å². The quantitative estimate of drug-likeness (QED) is 0.526. The second-order valence-electron chi connectivity index (χ2n) is 10.9. The molecule has 0 spiro atoms. The van der Waals surface area contributed by atoms with Crippen molar-refractivity contribution in [3.05, 3.63) is 53.1 Å². The number of anilines is 1. The van der Waals surface area contributed by atoms with Crippen LogP contribution in [0.25, 0.3) is 0 Å². The number of fused-ring (bicyclic) bond motifs is 1. The van der Waals surface area contributed by atoms with E-state index < -0.39 is 37.6 Å². The van der Waals surface area contributed by atoms with Crippen LogP contribution in [0.15, 0.2) is 30.3 Å². The van der Waals surface area contributed by atoms with Crippen LogP contribution >= 0.6 is 0 Å². The molecule has 2 aromatic carbocycles. The molecule has 1 fully saturated rings. The van der Waals surface area contributed by atoms with Gasteiger partial charge in [-0.2, -0.15) is 0 Å². The van der Waals surface area contributed by atoms with Crippen LogP contribution in [-0.2, 0) is 20.8 Å². The van der Waals surface area contributed by atoms with Gasteiger partial charge in [0, 0.05) is 29.8 Å². The van der Waals surface area contributed by atoms with Gasteiger partial charge in [-0.05, 0) is 60.6 Å². The Morgan fingerprint density at radius 3 is 2.32 bits per heavy atom. The molecule has 198 valence electrons. The third kappa shape index (κ3) is 5.53. The lowest BCUT2D eigenvalue weighted by Gasteiger charge is -2.42. The second-order valence-corrected chi connectivity index (χ2v) is 15.9. The molecule has 0 saturated heterocycles. The molecule has 0 aromatic heterocycles. The first-order chi connectivity index (χ1) is 17.4. The Morgan fingerprint density at radius 2 is 1.76 bits per heavy atom. The molecule has 1 aliphatic heterocycles. The number of carboxylic acid groups (broad SMARTS) is 1. The molecular formula is C27H32F2N2O5Si. The molecule has 0 bridgehead atoms. The number of hydrogen-bond acceptors (Lipinski definition) is 4. The monoisotopic (exact) mass is 530 g/mol. The number of amides is 2. The van der Waals surface area contributed by atoms with Crippen LogP contribution in [0.3, 0.4) is 0 Å². The molecule has 1 heterocycles. The van der Waals surface area contributed by atoms with Crippen LogP contribution in [-0.4, -0.2) is 49.5 Å². The molecule has 2 N–H and O–H groups in total. The average molecular weight is 531 g/mol. The second kappa shape index (κ2) is 10.2. The predicted octanol–water partition coefficient (Wildman–Crippen LogP) is 4.08. The SMILES string of the molecule is COc1ccc2c(c1)CCN(C(=O)[C@H]1C[C@H](CC(=O)O)C1)[C@H]2C(=O)Nc1cc(F)c([Si](C)(C)C)c(F)c1. The van der Waals surface area contributed by atoms with E-state index in [1.807, 2.05) is 25.7 Å². The lowest BCUT2D eigenvalue weighted by molar-refractivity contribution is -0.149. The van der Waals surface area contributed by atoms with Crippen LogP contribution in [0, 0.1) is 23.5 Å². The molecule has 0 unspecified atom stereocenters. The van der Waals surface area contributed by atoms with E-state index in [-0.39, 0.29) is 41.6 Å². The molecule has 0 radical (unpaired) electrons. The zero-order valence-electron chi connectivity index (χ0n) is 21.4. The summed E-state index contributed by atoms with van der Waals surface area (Å²) in [7, 11) is -0.747. The summed E-state index contributed by atoms with van der Waals surface area (Å²) in [6.45, 7) is 5.80. The van der Waals surface area contributed by atoms with E-state index in [1.165, 1.54) is 4.90 Å². The number of halogens is 2. The number of aliphatic carboxylic acids is 1. The van der Waals surface area contributed by atoms with Gasteiger partial charge in [-0.15, -0.1) is 0 Å². The highest BCUT2D eigenvalue weighted by Gasteiger charge is 2.43. The fourth-order valence-corrected chi connectivity index (χ4v) is 6.99. The standard InChI is InChI=1S/C27H32F2N2O5Si/c1-36-19-5-6-20-16(12-19)7-8-31(27(35)17-9-15(10-17)11-23(32)33)24(20)26(34)30-18-13-21(28)25(22(29)14-18)37(2,3)4/h5-6,12-15,17,24H,7-11H2,1-4H3,(H,30,34)(H,32,33)/t15-,17-,24-/m1/s1. The maximum absolute atomic E-state index is 14.8. The van der Waals surface area contributed by atoms with Gasteiger partial charge in [0.1, 0.15) is 23.4 Å². The third-order valence-corrected chi connectivity index (χ3v) is 9.20. The average Bonchev–Trinajstić information content (AvgIpc) is 2.77. The van der Waals surface area contributed by atoms with E-state index in [0.717, 1.165) is 17.7 Å². The van der Waals surface area contributed by atoms with Gasteiger partial charge >= 0.3 is 5.97 Å². The van der Waals surface area contributed by atoms with Crippen molar-refractivity contribution in [1.82, 2.24) is 4.90 Å². The summed E-state index contributed by atoms with van der Waals surface area (Å²) in [6, 6.07) is 6.53. The maximum atomic E-state index is 14.8. The fourth-order valence-electron chi connectivity index (χ4n) is 5.41. The number of nitrogens with one attached hydrogen (secondary N) is 1. The minimum atomic E-state index is -2.29. The van der Waals surface area contributed by atoms with Gasteiger partial charge in [-0.3, -0.25) is 14.4 Å². The molecule has 2 aliphatic rings. The number of methoxy groups -OCH3 is 1. The molecule has 4 rings (SSSR count). The van der Waals surface area contributed by atoms with Gasteiger partial charge < -0.3 is 20.1 Å². The van der Waals surface area contributed by atoms with Crippen LogP contribution in [0.1, 0.15) is 36.4 Å². The number of carboxylic acids is 1. The third-order valence-electron chi connectivity index (χ3n) is 7.22. The number of hydrogen-bond donors (Lipinski definition) is 2. The van der Waals surface area contributed by atoms with Gasteiger partial charge in [0.2, 0.25) is 5.91 Å². The van der Waals surface area contributed by atoms with Gasteiger partial charge in [-0.1, -0.05) is 25.7 Å². The van der Waals surface area contributed by atoms with Crippen molar-refractivity contribution in [2.45, 2.75) is 51.4 Å². The summed E-state index contributed by atoms with van der Waals surface area (Å²) < 4.78 is 35.0. The van der Waals surface area contributed by atoms with Crippen molar-refractivity contribution in [2.24, 2.45) is 11.8 Å². The summed E-state index contributed by atoms with van der Waals surface area (Å²) >= 11 is 0. The first-order valence-corrected chi connectivity index (χ1v) is 15.9. The maximum Gasteiger partial charge on any atom is 0.303 e. The number of benzene rings is 2. The Kier molecular flexibility index (Phi) is 7.41. The van der Waals surface area contributed by atoms with Gasteiger partial charge in [0.15, 0.2) is 0 Å². The van der Waals surface area contributed by atoms with Crippen LogP contribution < -0.4 is 15.2 Å². The minimum Gasteiger partial charge on any atom is -0.497 e. The zero-order chi connectivity index (χ0) is 27.1. The largest absolute Gasteiger partial charge is 0.497 e. The Labute approximate surface area is 215 Å². The molecule has 7 nitrogen and oxygen atoms in total. The lowest BCUT2D eigenvalue weighted by Crippen LogP contribution is -2.50. The zero-order valence-corrected chi connectivity index (χ0v) is 22.4. The molecule has 2 amide bonds. The summed E-state index contributed by atoms with van der Waals surface area (Å²) in [4.78, 5) is 39.5. The van der Waals surface area contributed by atoms with Crippen molar-refractivity contribution < 1.29 is 33.0 Å². The molecule has 1 aliphatic carbocycles. The number of carbonyl (C=O) groups excluding carboxylic acids is 2. The first kappa shape index (κ1) is 26.8. The highest BCUT2D eigenvalue weighted by Crippen LogP contribution is 2.41. The van der Waals surface area contributed by atoms with E-state index in [4.69, 9.17) is 9.84 Å². The van der Waals surface area contributed by atoms with E-state index in [0.29, 0.717) is 30.6 Å². The Hall–Kier alpha value is -3.27. The number of ether oxygens (including phenoxy) is 1. The van der Waals surface area contributed by atoms with Gasteiger partial charge in [0.25, 0.3) is 5.91 Å². The Morgan fingerprint density at radius 1 is 1.11 bits per heavy atom. The summed E-state index contributed by atoms with van der Waals surface area (Å²) in [5.74, 6) is -2.87. The van der Waals surface area contributed by atoms with Crippen molar-refractivity contribution in [3.8, 4) is 5.75 Å². The highest BCUT2D eigenvalue weighted by molar-refractivity contribution is 6.88. The normalized spacial score (nSPS) is 21.0. The molecule has 1 saturated carbocycles. The smallest absolute Gasteiger partial charge is 0.303 e. The summed E-state index contributed by atoms with van der Waals surface area (Å²) in [5, 5.41) is 11.7. The summed E-state index contributed by atoms with van der Waals surface area (Å²) in [5.41, 5.74) is 1.46. The topological polar surface area (TPSA) is 95.9 Å². The highest BCUT2D eigenvalue weighted by atomic mass is 28.3. The van der Waals surface area contributed by atoms with Gasteiger partial charge in [-0.25, -0.2) is 8.78 Å². The van der Waals surface area contributed by atoms with E-state index in [9.17, 15) is 23.2 Å². The minimum absolute atomic E-state index is 0.0137. The molecule has 1 atom stereocenters. The van der Waals surface area contributed by atoms with Crippen molar-refractivity contribution in [3.63, 3.8) is 0 Å². The molecule has 37 heavy (non-hydrogen) atoms. The summed E-state index contributed by atoms with van der Waals surface area (Å²) in [6.07, 6.45) is 1.45. The predicted molar refractivity (Wildman–Crippen MR) is 138 cm³/mol. The number of nitrogens with zero attached hydrogens (tertiary/aromatic N) is 1. The van der Waals surface area contributed by atoms with E-state index >= 15 is 0 Å². The van der Waals surface area contributed by atoms with Crippen molar-refractivity contribution in [2.75, 3.05) is 19.0 Å². The van der Waals surface area contributed by atoms with Crippen molar-refractivity contribution >= 4 is 36.7 Å². The number of rotatable bonds is 7. The number of carbonyl (C=O) groups is 3. The van der Waals surface area contributed by atoms with Crippen LogP contribution in [0.5, 0.6) is 5.75 Å².